The Labute approximate surface area is 192 Å². The van der Waals surface area contributed by atoms with Crippen LogP contribution in [0.4, 0.5) is 4.39 Å². The van der Waals surface area contributed by atoms with E-state index in [-0.39, 0.29) is 16.1 Å². The standard InChI is InChI=1S/C20H20ClFN4O5S/c1-9-4-6-14(22)16(10(9)2)11(3)17(19-24-25-20(28)31-19)26-32(29,30)15-7-5-12(21)8-13(15)18(23)27/h4-8,11,17,26H,1-3H3,(H2,23,27)(H,25,28)/i3D3. The fourth-order valence-corrected chi connectivity index (χ4v) is 4.71. The molecule has 0 bridgehead atoms. The second-order valence-electron chi connectivity index (χ2n) is 6.94. The summed E-state index contributed by atoms with van der Waals surface area (Å²) in [5.41, 5.74) is 5.28. The lowest BCUT2D eigenvalue weighted by atomic mass is 9.88. The molecule has 32 heavy (non-hydrogen) atoms. The highest BCUT2D eigenvalue weighted by Gasteiger charge is 2.34. The lowest BCUT2D eigenvalue weighted by Gasteiger charge is -2.25. The summed E-state index contributed by atoms with van der Waals surface area (Å²) in [6, 6.07) is 3.77. The minimum Gasteiger partial charge on any atom is -0.391 e. The molecule has 3 aromatic rings. The van der Waals surface area contributed by atoms with Gasteiger partial charge in [-0.2, -0.15) is 4.72 Å². The van der Waals surface area contributed by atoms with Gasteiger partial charge in [0, 0.05) is 15.1 Å². The molecule has 0 aliphatic carbocycles. The summed E-state index contributed by atoms with van der Waals surface area (Å²) >= 11 is 5.85. The molecule has 4 N–H and O–H groups in total. The number of halogens is 2. The number of benzene rings is 2. The highest BCUT2D eigenvalue weighted by atomic mass is 35.5. The largest absolute Gasteiger partial charge is 0.434 e. The first-order chi connectivity index (χ1) is 16.1. The van der Waals surface area contributed by atoms with Crippen LogP contribution in [0.2, 0.25) is 5.02 Å². The summed E-state index contributed by atoms with van der Waals surface area (Å²) in [4.78, 5) is 22.9. The van der Waals surface area contributed by atoms with Gasteiger partial charge in [-0.05, 0) is 54.8 Å². The van der Waals surface area contributed by atoms with Crippen molar-refractivity contribution in [3.63, 3.8) is 0 Å². The minimum atomic E-state index is -4.74. The Morgan fingerprint density at radius 1 is 1.34 bits per heavy atom. The molecule has 170 valence electrons. The van der Waals surface area contributed by atoms with Crippen LogP contribution in [0.15, 0.2) is 44.4 Å². The molecule has 12 heteroatoms. The molecular weight excluding hydrogens is 463 g/mol. The molecule has 0 aliphatic rings. The molecule has 0 spiro atoms. The molecule has 0 fully saturated rings. The number of hydrogen-bond acceptors (Lipinski definition) is 6. The van der Waals surface area contributed by atoms with Gasteiger partial charge in [-0.1, -0.05) is 24.5 Å². The van der Waals surface area contributed by atoms with Crippen molar-refractivity contribution in [2.45, 2.75) is 37.6 Å². The van der Waals surface area contributed by atoms with Crippen LogP contribution in [0.3, 0.4) is 0 Å². The number of sulfonamides is 1. The van der Waals surface area contributed by atoms with E-state index in [0.29, 0.717) is 5.56 Å². The van der Waals surface area contributed by atoms with Gasteiger partial charge in [0.1, 0.15) is 11.9 Å². The van der Waals surface area contributed by atoms with E-state index in [1.165, 1.54) is 19.1 Å². The number of H-pyrrole nitrogens is 1. The highest BCUT2D eigenvalue weighted by Crippen LogP contribution is 2.35. The van der Waals surface area contributed by atoms with Crippen LogP contribution >= 0.6 is 11.6 Å². The SMILES string of the molecule is [2H]C([2H])([2H])C(c1c(F)ccc(C)c1C)C(NS(=O)(=O)c1ccc(Cl)cc1C(N)=O)c1n[nH]c(=O)o1. The van der Waals surface area contributed by atoms with E-state index < -0.39 is 62.7 Å². The zero-order valence-electron chi connectivity index (χ0n) is 19.8. The number of nitrogens with zero attached hydrogens (tertiary/aromatic N) is 1. The average molecular weight is 486 g/mol. The third kappa shape index (κ3) is 4.59. The Hall–Kier alpha value is -3.02. The number of nitrogens with one attached hydrogen (secondary N) is 2. The number of carbonyl (C=O) groups is 1. The van der Waals surface area contributed by atoms with Gasteiger partial charge < -0.3 is 10.2 Å². The van der Waals surface area contributed by atoms with Crippen molar-refractivity contribution < 1.29 is 26.1 Å². The van der Waals surface area contributed by atoms with Gasteiger partial charge in [0.25, 0.3) is 0 Å². The normalized spacial score (nSPS) is 15.4. The van der Waals surface area contributed by atoms with E-state index in [9.17, 15) is 18.0 Å². The number of amides is 1. The number of primary amides is 1. The molecule has 0 radical (unpaired) electrons. The van der Waals surface area contributed by atoms with Crippen molar-refractivity contribution in [2.24, 2.45) is 5.73 Å². The van der Waals surface area contributed by atoms with Gasteiger partial charge in [-0.3, -0.25) is 4.79 Å². The lowest BCUT2D eigenvalue weighted by Crippen LogP contribution is -2.34. The van der Waals surface area contributed by atoms with Crippen LogP contribution in [-0.2, 0) is 10.0 Å². The van der Waals surface area contributed by atoms with E-state index in [0.717, 1.165) is 18.2 Å². The van der Waals surface area contributed by atoms with Crippen LogP contribution in [0, 0.1) is 19.7 Å². The van der Waals surface area contributed by atoms with Crippen molar-refractivity contribution in [3.05, 3.63) is 79.9 Å². The van der Waals surface area contributed by atoms with Gasteiger partial charge in [-0.25, -0.2) is 22.7 Å². The molecule has 0 saturated carbocycles. The molecule has 9 nitrogen and oxygen atoms in total. The second-order valence-corrected chi connectivity index (χ2v) is 9.05. The van der Waals surface area contributed by atoms with Gasteiger partial charge >= 0.3 is 5.76 Å². The number of aromatic nitrogens is 2. The number of aromatic amines is 1. The maximum absolute atomic E-state index is 15.0. The monoisotopic (exact) mass is 485 g/mol. The molecule has 2 aromatic carbocycles. The molecule has 2 atom stereocenters. The zero-order valence-corrected chi connectivity index (χ0v) is 18.3. The molecule has 0 aliphatic heterocycles. The van der Waals surface area contributed by atoms with Crippen LogP contribution < -0.4 is 16.2 Å². The molecular formula is C20H20ClFN4O5S. The van der Waals surface area contributed by atoms with Gasteiger partial charge in [0.2, 0.25) is 21.8 Å². The summed E-state index contributed by atoms with van der Waals surface area (Å²) in [5, 5.41) is 5.54. The summed E-state index contributed by atoms with van der Waals surface area (Å²) in [7, 11) is -4.74. The topological polar surface area (TPSA) is 148 Å². The number of carbonyl (C=O) groups excluding carboxylic acids is 1. The van der Waals surface area contributed by atoms with Gasteiger partial charge in [0.05, 0.1) is 10.5 Å². The quantitative estimate of drug-likeness (QED) is 0.468. The van der Waals surface area contributed by atoms with Crippen molar-refractivity contribution >= 4 is 27.5 Å². The predicted molar refractivity (Wildman–Crippen MR) is 114 cm³/mol. The number of rotatable bonds is 7. The van der Waals surface area contributed by atoms with E-state index >= 15 is 4.39 Å². The van der Waals surface area contributed by atoms with E-state index in [2.05, 4.69) is 9.82 Å². The molecule has 2 unspecified atom stereocenters. The molecule has 1 heterocycles. The number of hydrogen-bond donors (Lipinski definition) is 3. The first-order valence-corrected chi connectivity index (χ1v) is 10.9. The van der Waals surface area contributed by atoms with E-state index in [1.807, 2.05) is 5.10 Å². The van der Waals surface area contributed by atoms with E-state index in [4.69, 9.17) is 25.9 Å². The maximum atomic E-state index is 15.0. The third-order valence-corrected chi connectivity index (χ3v) is 6.61. The van der Waals surface area contributed by atoms with Gasteiger partial charge in [-0.15, -0.1) is 5.10 Å². The average Bonchev–Trinajstić information content (AvgIpc) is 3.17. The van der Waals surface area contributed by atoms with Crippen LogP contribution in [0.5, 0.6) is 0 Å². The fraction of sp³-hybridized carbons (Fsp3) is 0.250. The molecule has 1 amide bonds. The zero-order chi connectivity index (χ0) is 26.3. The second kappa shape index (κ2) is 8.85. The molecule has 0 saturated heterocycles. The van der Waals surface area contributed by atoms with Crippen LogP contribution in [0.25, 0.3) is 0 Å². The first-order valence-electron chi connectivity index (χ1n) is 10.6. The van der Waals surface area contributed by atoms with E-state index in [1.54, 1.807) is 6.92 Å². The molecule has 1 aromatic heterocycles. The van der Waals surface area contributed by atoms with Crippen molar-refractivity contribution in [2.75, 3.05) is 0 Å². The Morgan fingerprint density at radius 2 is 2.06 bits per heavy atom. The Kier molecular flexibility index (Phi) is 5.43. The summed E-state index contributed by atoms with van der Waals surface area (Å²) in [5.74, 6) is -5.69. The van der Waals surface area contributed by atoms with Crippen molar-refractivity contribution in [3.8, 4) is 0 Å². The van der Waals surface area contributed by atoms with Crippen molar-refractivity contribution in [1.29, 1.82) is 0 Å². The Balaban J connectivity index is 2.28. The fourth-order valence-electron chi connectivity index (χ4n) is 3.15. The Bertz CT molecular complexity index is 1460. The third-order valence-electron chi connectivity index (χ3n) is 4.88. The van der Waals surface area contributed by atoms with Crippen LogP contribution in [0.1, 0.15) is 55.9 Å². The first kappa shape index (κ1) is 19.6. The van der Waals surface area contributed by atoms with Gasteiger partial charge in [0.15, 0.2) is 0 Å². The number of nitrogens with two attached hydrogens (primary N) is 1. The molecule has 3 rings (SSSR count). The lowest BCUT2D eigenvalue weighted by molar-refractivity contribution is 0.0997. The highest BCUT2D eigenvalue weighted by molar-refractivity contribution is 7.89. The number of aryl methyl sites for hydroxylation is 1. The van der Waals surface area contributed by atoms with Crippen molar-refractivity contribution in [1.82, 2.24) is 14.9 Å². The summed E-state index contributed by atoms with van der Waals surface area (Å²) < 4.78 is 73.1. The predicted octanol–water partition coefficient (Wildman–Crippen LogP) is 2.69. The summed E-state index contributed by atoms with van der Waals surface area (Å²) in [6.07, 6.45) is 0. The summed E-state index contributed by atoms with van der Waals surface area (Å²) in [6.45, 7) is 0.0787. The maximum Gasteiger partial charge on any atom is 0.434 e. The smallest absolute Gasteiger partial charge is 0.391 e. The Morgan fingerprint density at radius 3 is 2.66 bits per heavy atom. The minimum absolute atomic E-state index is 0.0189. The van der Waals surface area contributed by atoms with Crippen LogP contribution in [-0.4, -0.2) is 24.5 Å².